The number of thiazole rings is 1. The van der Waals surface area contributed by atoms with Crippen LogP contribution in [0.1, 0.15) is 37.6 Å². The molecule has 3 aromatic rings. The van der Waals surface area contributed by atoms with Crippen molar-refractivity contribution in [1.82, 2.24) is 4.98 Å². The molecule has 0 fully saturated rings. The van der Waals surface area contributed by atoms with Gasteiger partial charge in [-0.15, -0.1) is 11.3 Å². The van der Waals surface area contributed by atoms with Crippen molar-refractivity contribution in [2.45, 2.75) is 33.8 Å². The maximum absolute atomic E-state index is 12.3. The van der Waals surface area contributed by atoms with Gasteiger partial charge in [0.2, 0.25) is 5.91 Å². The molecule has 0 unspecified atom stereocenters. The first-order chi connectivity index (χ1) is 16.4. The zero-order valence-electron chi connectivity index (χ0n) is 19.7. The van der Waals surface area contributed by atoms with Gasteiger partial charge in [-0.25, -0.2) is 9.78 Å². The molecule has 1 heterocycles. The molecular weight excluding hydrogens is 452 g/mol. The predicted octanol–water partition coefficient (Wildman–Crippen LogP) is 5.55. The molecule has 0 saturated heterocycles. The van der Waals surface area contributed by atoms with Crippen molar-refractivity contribution in [3.63, 3.8) is 0 Å². The number of carbonyl (C=O) groups is 2. The summed E-state index contributed by atoms with van der Waals surface area (Å²) in [6, 6.07) is 13.2. The van der Waals surface area contributed by atoms with E-state index in [1.165, 1.54) is 23.8 Å². The van der Waals surface area contributed by atoms with Crippen molar-refractivity contribution in [2.24, 2.45) is 0 Å². The van der Waals surface area contributed by atoms with Crippen LogP contribution in [0.2, 0.25) is 0 Å². The van der Waals surface area contributed by atoms with Crippen LogP contribution in [0.15, 0.2) is 53.9 Å². The maximum atomic E-state index is 12.3. The number of aromatic nitrogens is 1. The van der Waals surface area contributed by atoms with Gasteiger partial charge in [-0.3, -0.25) is 9.69 Å². The molecule has 2 aromatic carbocycles. The molecule has 0 aliphatic rings. The largest absolute Gasteiger partial charge is 0.493 e. The summed E-state index contributed by atoms with van der Waals surface area (Å²) in [4.78, 5) is 30.5. The summed E-state index contributed by atoms with van der Waals surface area (Å²) in [5, 5.41) is 2.29. The summed E-state index contributed by atoms with van der Waals surface area (Å²) in [5.41, 5.74) is 3.45. The van der Waals surface area contributed by atoms with E-state index in [2.05, 4.69) is 11.9 Å². The summed E-state index contributed by atoms with van der Waals surface area (Å²) in [6.45, 7) is 5.22. The number of amides is 1. The monoisotopic (exact) mass is 480 g/mol. The van der Waals surface area contributed by atoms with Gasteiger partial charge in [0.15, 0.2) is 23.2 Å². The summed E-state index contributed by atoms with van der Waals surface area (Å²) in [6.07, 6.45) is 4.79. The highest BCUT2D eigenvalue weighted by atomic mass is 32.1. The SMILES string of the molecule is C/C=C/c1ccc(OCC(=O)OCc2csc(N(C(C)=O)c3ccc(CC)cc3)n2)c(OC)c1. The van der Waals surface area contributed by atoms with Gasteiger partial charge in [0.25, 0.3) is 0 Å². The van der Waals surface area contributed by atoms with E-state index in [1.807, 2.05) is 55.5 Å². The molecule has 0 N–H and O–H groups in total. The summed E-state index contributed by atoms with van der Waals surface area (Å²) in [5.74, 6) is 0.302. The Kier molecular flexibility index (Phi) is 8.81. The van der Waals surface area contributed by atoms with Gasteiger partial charge in [0.05, 0.1) is 18.5 Å². The predicted molar refractivity (Wildman–Crippen MR) is 134 cm³/mol. The zero-order valence-corrected chi connectivity index (χ0v) is 20.6. The average molecular weight is 481 g/mol. The third-order valence-corrected chi connectivity index (χ3v) is 5.80. The van der Waals surface area contributed by atoms with Crippen LogP contribution in [-0.2, 0) is 27.4 Å². The van der Waals surface area contributed by atoms with Crippen LogP contribution in [0, 0.1) is 0 Å². The van der Waals surface area contributed by atoms with Crippen molar-refractivity contribution >= 4 is 40.1 Å². The lowest BCUT2D eigenvalue weighted by Crippen LogP contribution is -2.22. The number of carbonyl (C=O) groups excluding carboxylic acids is 2. The Balaban J connectivity index is 1.58. The topological polar surface area (TPSA) is 78.0 Å². The lowest BCUT2D eigenvalue weighted by Gasteiger charge is -2.18. The molecule has 0 aliphatic carbocycles. The molecule has 1 aromatic heterocycles. The van der Waals surface area contributed by atoms with Gasteiger partial charge in [-0.1, -0.05) is 37.3 Å². The van der Waals surface area contributed by atoms with Crippen molar-refractivity contribution in [3.8, 4) is 11.5 Å². The number of nitrogens with zero attached hydrogens (tertiary/aromatic N) is 2. The Hall–Kier alpha value is -3.65. The van der Waals surface area contributed by atoms with Gasteiger partial charge < -0.3 is 14.2 Å². The number of methoxy groups -OCH3 is 1. The third-order valence-electron chi connectivity index (χ3n) is 4.92. The standard InChI is InChI=1S/C26H28N2O5S/c1-5-7-20-10-13-23(24(14-20)31-4)32-16-25(30)33-15-21-17-34-26(27-21)28(18(3)29)22-11-8-19(6-2)9-12-22/h5,7-14,17H,6,15-16H2,1-4H3/b7-5+. The molecule has 1 amide bonds. The summed E-state index contributed by atoms with van der Waals surface area (Å²) < 4.78 is 16.2. The van der Waals surface area contributed by atoms with Crippen molar-refractivity contribution in [1.29, 1.82) is 0 Å². The van der Waals surface area contributed by atoms with E-state index in [4.69, 9.17) is 14.2 Å². The minimum Gasteiger partial charge on any atom is -0.493 e. The third kappa shape index (κ3) is 6.45. The first-order valence-corrected chi connectivity index (χ1v) is 11.8. The average Bonchev–Trinajstić information content (AvgIpc) is 3.30. The minimum absolute atomic E-state index is 0.0173. The highest BCUT2D eigenvalue weighted by molar-refractivity contribution is 7.14. The zero-order chi connectivity index (χ0) is 24.5. The van der Waals surface area contributed by atoms with Crippen LogP contribution in [0.3, 0.4) is 0 Å². The van der Waals surface area contributed by atoms with E-state index in [9.17, 15) is 9.59 Å². The summed E-state index contributed by atoms with van der Waals surface area (Å²) >= 11 is 1.31. The quantitative estimate of drug-likeness (QED) is 0.354. The number of benzene rings is 2. The molecular formula is C26H28N2O5S. The number of aryl methyl sites for hydroxylation is 1. The molecule has 8 heteroatoms. The van der Waals surface area contributed by atoms with Crippen molar-refractivity contribution in [3.05, 3.63) is 70.7 Å². The number of hydrogen-bond acceptors (Lipinski definition) is 7. The van der Waals surface area contributed by atoms with E-state index < -0.39 is 5.97 Å². The van der Waals surface area contributed by atoms with Crippen LogP contribution in [0.25, 0.3) is 6.08 Å². The molecule has 34 heavy (non-hydrogen) atoms. The number of allylic oxidation sites excluding steroid dienone is 1. The van der Waals surface area contributed by atoms with Gasteiger partial charge in [-0.05, 0) is 48.7 Å². The minimum atomic E-state index is -0.535. The molecule has 178 valence electrons. The van der Waals surface area contributed by atoms with E-state index in [0.29, 0.717) is 22.3 Å². The number of esters is 1. The molecule has 7 nitrogen and oxygen atoms in total. The van der Waals surface area contributed by atoms with E-state index >= 15 is 0 Å². The molecule has 0 aliphatic heterocycles. The first kappa shape index (κ1) is 25.0. The van der Waals surface area contributed by atoms with Crippen LogP contribution < -0.4 is 14.4 Å². The Labute approximate surface area is 203 Å². The molecule has 0 bridgehead atoms. The highest BCUT2D eigenvalue weighted by Crippen LogP contribution is 2.30. The van der Waals surface area contributed by atoms with Gasteiger partial charge >= 0.3 is 5.97 Å². The van der Waals surface area contributed by atoms with Crippen LogP contribution in [-0.4, -0.2) is 30.6 Å². The van der Waals surface area contributed by atoms with Gasteiger partial charge in [-0.2, -0.15) is 0 Å². The van der Waals surface area contributed by atoms with Crippen LogP contribution in [0.4, 0.5) is 10.8 Å². The lowest BCUT2D eigenvalue weighted by atomic mass is 10.1. The Morgan fingerprint density at radius 2 is 1.88 bits per heavy atom. The smallest absolute Gasteiger partial charge is 0.344 e. The lowest BCUT2D eigenvalue weighted by molar-refractivity contribution is -0.147. The number of anilines is 2. The van der Waals surface area contributed by atoms with Crippen molar-refractivity contribution < 1.29 is 23.8 Å². The molecule has 0 atom stereocenters. The summed E-state index contributed by atoms with van der Waals surface area (Å²) in [7, 11) is 1.54. The van der Waals surface area contributed by atoms with E-state index in [1.54, 1.807) is 23.5 Å². The molecule has 0 radical (unpaired) electrons. The second-order valence-corrected chi connectivity index (χ2v) is 8.19. The number of hydrogen-bond donors (Lipinski definition) is 0. The fourth-order valence-corrected chi connectivity index (χ4v) is 4.08. The van der Waals surface area contributed by atoms with Gasteiger partial charge in [0, 0.05) is 12.3 Å². The molecule has 0 saturated carbocycles. The van der Waals surface area contributed by atoms with Crippen molar-refractivity contribution in [2.75, 3.05) is 18.6 Å². The first-order valence-electron chi connectivity index (χ1n) is 10.9. The maximum Gasteiger partial charge on any atom is 0.344 e. The Bertz CT molecular complexity index is 1150. The van der Waals surface area contributed by atoms with E-state index in [0.717, 1.165) is 17.7 Å². The highest BCUT2D eigenvalue weighted by Gasteiger charge is 2.18. The normalized spacial score (nSPS) is 10.8. The Morgan fingerprint density at radius 1 is 1.12 bits per heavy atom. The Morgan fingerprint density at radius 3 is 2.53 bits per heavy atom. The molecule has 3 rings (SSSR count). The van der Waals surface area contributed by atoms with Crippen LogP contribution >= 0.6 is 11.3 Å². The van der Waals surface area contributed by atoms with E-state index in [-0.39, 0.29) is 19.1 Å². The fourth-order valence-electron chi connectivity index (χ4n) is 3.21. The van der Waals surface area contributed by atoms with Crippen LogP contribution in [0.5, 0.6) is 11.5 Å². The number of ether oxygens (including phenoxy) is 3. The number of rotatable bonds is 10. The van der Waals surface area contributed by atoms with Gasteiger partial charge in [0.1, 0.15) is 6.61 Å². The second-order valence-electron chi connectivity index (χ2n) is 7.36. The fraction of sp³-hybridized carbons (Fsp3) is 0.269. The second kappa shape index (κ2) is 12.0. The molecule has 0 spiro atoms.